The lowest BCUT2D eigenvalue weighted by molar-refractivity contribution is -0.192. The van der Waals surface area contributed by atoms with E-state index in [1.807, 2.05) is 11.8 Å². The number of piperidine rings is 1. The molecular weight excluding hydrogens is 576 g/mol. The van der Waals surface area contributed by atoms with Gasteiger partial charge >= 0.3 is 18.1 Å². The van der Waals surface area contributed by atoms with Crippen LogP contribution in [0.15, 0.2) is 41.4 Å². The van der Waals surface area contributed by atoms with Gasteiger partial charge in [-0.2, -0.15) is 13.2 Å². The van der Waals surface area contributed by atoms with Crippen LogP contribution in [0.3, 0.4) is 0 Å². The highest BCUT2D eigenvalue weighted by atomic mass is 32.2. The number of hydrogen-bond acceptors (Lipinski definition) is 8. The number of benzene rings is 1. The summed E-state index contributed by atoms with van der Waals surface area (Å²) in [6.45, 7) is 5.64. The van der Waals surface area contributed by atoms with Crippen LogP contribution < -0.4 is 9.62 Å². The van der Waals surface area contributed by atoms with Crippen molar-refractivity contribution in [3.05, 3.63) is 47.9 Å². The number of aliphatic carboxylic acids is 1. The quantitative estimate of drug-likeness (QED) is 0.255. The van der Waals surface area contributed by atoms with Crippen molar-refractivity contribution in [3.8, 4) is 0 Å². The molecule has 2 aromatic rings. The zero-order valence-corrected chi connectivity index (χ0v) is 23.2. The highest BCUT2D eigenvalue weighted by Gasteiger charge is 2.38. The third-order valence-corrected chi connectivity index (χ3v) is 7.50. The van der Waals surface area contributed by atoms with Crippen molar-refractivity contribution < 1.29 is 50.5 Å². The molecule has 1 aromatic carbocycles. The van der Waals surface area contributed by atoms with E-state index in [2.05, 4.69) is 21.7 Å². The first-order valence-electron chi connectivity index (χ1n) is 12.5. The molecule has 0 bridgehead atoms. The van der Waals surface area contributed by atoms with Gasteiger partial charge in [-0.05, 0) is 63.6 Å². The lowest BCUT2D eigenvalue weighted by Gasteiger charge is -2.38. The van der Waals surface area contributed by atoms with E-state index in [0.29, 0.717) is 31.6 Å². The van der Waals surface area contributed by atoms with E-state index < -0.39 is 34.0 Å². The van der Waals surface area contributed by atoms with Gasteiger partial charge in [-0.3, -0.25) is 4.72 Å². The van der Waals surface area contributed by atoms with E-state index in [-0.39, 0.29) is 16.1 Å². The maximum atomic E-state index is 13.2. The third kappa shape index (κ3) is 10.4. The minimum Gasteiger partial charge on any atom is -0.478 e. The van der Waals surface area contributed by atoms with Gasteiger partial charge < -0.3 is 24.7 Å². The van der Waals surface area contributed by atoms with Gasteiger partial charge in [0.05, 0.1) is 16.1 Å². The summed E-state index contributed by atoms with van der Waals surface area (Å²) in [6, 6.07) is 6.05. The highest BCUT2D eigenvalue weighted by Crippen LogP contribution is 2.30. The average Bonchev–Trinajstić information content (AvgIpc) is 2.91. The zero-order valence-electron chi connectivity index (χ0n) is 22.4. The van der Waals surface area contributed by atoms with Gasteiger partial charge in [0, 0.05) is 45.1 Å². The van der Waals surface area contributed by atoms with Crippen molar-refractivity contribution in [2.75, 3.05) is 49.5 Å². The second kappa shape index (κ2) is 14.9. The molecule has 0 unspecified atom stereocenters. The Morgan fingerprint density at radius 2 is 1.76 bits per heavy atom. The molecule has 1 aliphatic heterocycles. The number of alkyl halides is 3. The Bertz CT molecular complexity index is 1270. The standard InChI is InChI=1S/C23H31FN4O5S.C2HF3O2/c1-3-33-14-4-11-27(2)19-9-12-28(13-10-19)22-21(15-17(16-25-22)23(29)30)26-34(31,32)20-7-5-18(24)6-8-20;3-2(4,5)1(6)7/h5-8,15-16,19,26H,3-4,9-14H2,1-2H3,(H,29,30);(H,6,7). The van der Waals surface area contributed by atoms with Gasteiger partial charge in [-0.15, -0.1) is 0 Å². The van der Waals surface area contributed by atoms with E-state index in [4.69, 9.17) is 14.6 Å². The van der Waals surface area contributed by atoms with Crippen LogP contribution in [0.4, 0.5) is 29.1 Å². The molecule has 16 heteroatoms. The molecule has 0 amide bonds. The lowest BCUT2D eigenvalue weighted by Crippen LogP contribution is -2.44. The van der Waals surface area contributed by atoms with Crippen molar-refractivity contribution >= 4 is 33.5 Å². The minimum atomic E-state index is -5.08. The van der Waals surface area contributed by atoms with Crippen molar-refractivity contribution in [2.45, 2.75) is 43.3 Å². The molecule has 228 valence electrons. The largest absolute Gasteiger partial charge is 0.490 e. The maximum Gasteiger partial charge on any atom is 0.490 e. The fourth-order valence-electron chi connectivity index (χ4n) is 3.98. The van der Waals surface area contributed by atoms with E-state index in [1.165, 1.54) is 12.3 Å². The number of aromatic carboxylic acids is 1. The molecule has 3 rings (SSSR count). The summed E-state index contributed by atoms with van der Waals surface area (Å²) < 4.78 is 78.6. The summed E-state index contributed by atoms with van der Waals surface area (Å²) in [5.74, 6) is -4.16. The molecule has 41 heavy (non-hydrogen) atoms. The van der Waals surface area contributed by atoms with E-state index in [9.17, 15) is 35.9 Å². The number of ether oxygens (including phenoxy) is 1. The molecule has 3 N–H and O–H groups in total. The van der Waals surface area contributed by atoms with Crippen molar-refractivity contribution in [3.63, 3.8) is 0 Å². The number of nitrogens with zero attached hydrogens (tertiary/aromatic N) is 3. The van der Waals surface area contributed by atoms with Crippen LogP contribution >= 0.6 is 0 Å². The van der Waals surface area contributed by atoms with E-state index >= 15 is 0 Å². The van der Waals surface area contributed by atoms with Crippen molar-refractivity contribution in [1.29, 1.82) is 0 Å². The Kier molecular flexibility index (Phi) is 12.3. The molecule has 1 saturated heterocycles. The van der Waals surface area contributed by atoms with E-state index in [1.54, 1.807) is 0 Å². The lowest BCUT2D eigenvalue weighted by atomic mass is 10.0. The average molecular weight is 609 g/mol. The van der Waals surface area contributed by atoms with E-state index in [0.717, 1.165) is 56.7 Å². The molecule has 1 fully saturated rings. The summed E-state index contributed by atoms with van der Waals surface area (Å²) >= 11 is 0. The number of anilines is 2. The van der Waals surface area contributed by atoms with Crippen LogP contribution in [0.5, 0.6) is 0 Å². The molecule has 1 aliphatic rings. The SMILES string of the molecule is CCOCCCN(C)C1CCN(c2ncc(C(=O)O)cc2NS(=O)(=O)c2ccc(F)cc2)CC1.O=C(O)C(F)(F)F. The molecule has 0 radical (unpaired) electrons. The number of aromatic nitrogens is 1. The fraction of sp³-hybridized carbons (Fsp3) is 0.480. The summed E-state index contributed by atoms with van der Waals surface area (Å²) in [6.07, 6.45) is -1.19. The molecule has 2 heterocycles. The first-order chi connectivity index (χ1) is 19.2. The smallest absolute Gasteiger partial charge is 0.478 e. The number of carboxylic acids is 2. The van der Waals surface area contributed by atoms with Crippen molar-refractivity contribution in [1.82, 2.24) is 9.88 Å². The molecule has 0 spiro atoms. The maximum absolute atomic E-state index is 13.2. The summed E-state index contributed by atoms with van der Waals surface area (Å²) in [5, 5.41) is 16.5. The van der Waals surface area contributed by atoms with Crippen LogP contribution in [-0.4, -0.2) is 92.6 Å². The molecule has 0 saturated carbocycles. The second-order valence-electron chi connectivity index (χ2n) is 9.01. The van der Waals surface area contributed by atoms with Crippen LogP contribution in [0, 0.1) is 5.82 Å². The Morgan fingerprint density at radius 3 is 2.27 bits per heavy atom. The highest BCUT2D eigenvalue weighted by molar-refractivity contribution is 7.92. The second-order valence-corrected chi connectivity index (χ2v) is 10.7. The van der Waals surface area contributed by atoms with Gasteiger partial charge in [0.15, 0.2) is 5.82 Å². The van der Waals surface area contributed by atoms with Gasteiger partial charge in [0.2, 0.25) is 0 Å². The summed E-state index contributed by atoms with van der Waals surface area (Å²) in [7, 11) is -1.98. The first-order valence-corrected chi connectivity index (χ1v) is 14.0. The van der Waals surface area contributed by atoms with Crippen LogP contribution in [-0.2, 0) is 19.6 Å². The molecule has 1 aromatic heterocycles. The zero-order chi connectivity index (χ0) is 30.8. The van der Waals surface area contributed by atoms with Crippen molar-refractivity contribution in [2.24, 2.45) is 0 Å². The summed E-state index contributed by atoms with van der Waals surface area (Å²) in [4.78, 5) is 28.8. The molecular formula is C25H32F4N4O7S. The molecule has 0 atom stereocenters. The Labute approximate surface area is 234 Å². The normalized spacial score (nSPS) is 14.4. The van der Waals surface area contributed by atoms with Crippen LogP contribution in [0.25, 0.3) is 0 Å². The minimum absolute atomic E-state index is 0.0766. The molecule has 11 nitrogen and oxygen atoms in total. The number of carbonyl (C=O) groups is 2. The number of sulfonamides is 1. The number of carboxylic acid groups (broad SMARTS) is 2. The Hall–Kier alpha value is -3.50. The van der Waals surface area contributed by atoms with Crippen LogP contribution in [0.2, 0.25) is 0 Å². The fourth-order valence-corrected chi connectivity index (χ4v) is 5.03. The summed E-state index contributed by atoms with van der Waals surface area (Å²) in [5.41, 5.74) is -0.0581. The van der Waals surface area contributed by atoms with Crippen LogP contribution in [0.1, 0.15) is 36.5 Å². The Morgan fingerprint density at radius 1 is 1.17 bits per heavy atom. The predicted molar refractivity (Wildman–Crippen MR) is 141 cm³/mol. The Balaban J connectivity index is 0.000000745. The number of hydrogen-bond donors (Lipinski definition) is 3. The van der Waals surface area contributed by atoms with Gasteiger partial charge in [-0.1, -0.05) is 0 Å². The predicted octanol–water partition coefficient (Wildman–Crippen LogP) is 3.68. The number of nitrogens with one attached hydrogen (secondary N) is 1. The monoisotopic (exact) mass is 608 g/mol. The number of halogens is 4. The number of rotatable bonds is 11. The van der Waals surface area contributed by atoms with Gasteiger partial charge in [0.25, 0.3) is 10.0 Å². The first kappa shape index (κ1) is 33.7. The van der Waals surface area contributed by atoms with Gasteiger partial charge in [0.1, 0.15) is 5.82 Å². The number of pyridine rings is 1. The van der Waals surface area contributed by atoms with Gasteiger partial charge in [-0.25, -0.2) is 27.4 Å². The topological polar surface area (TPSA) is 149 Å². The molecule has 0 aliphatic carbocycles. The third-order valence-electron chi connectivity index (χ3n) is 6.12.